The summed E-state index contributed by atoms with van der Waals surface area (Å²) in [5, 5.41) is 0. The topological polar surface area (TPSA) is 29.3 Å². The van der Waals surface area contributed by atoms with Crippen molar-refractivity contribution in [3.8, 4) is 0 Å². The molecule has 1 atom stereocenters. The number of nitrogens with zero attached hydrogens (tertiary/aromatic N) is 1. The Hall–Kier alpha value is -1.94. The van der Waals surface area contributed by atoms with E-state index in [1.807, 2.05) is 43.3 Å². The highest BCUT2D eigenvalue weighted by atomic mass is 19.2. The molecule has 0 amide bonds. The Labute approximate surface area is 117 Å². The first-order valence-corrected chi connectivity index (χ1v) is 6.39. The Morgan fingerprint density at radius 1 is 1.05 bits per heavy atom. The van der Waals surface area contributed by atoms with Gasteiger partial charge in [-0.25, -0.2) is 8.78 Å². The van der Waals surface area contributed by atoms with Crippen molar-refractivity contribution in [2.24, 2.45) is 5.73 Å². The zero-order valence-corrected chi connectivity index (χ0v) is 11.8. The Kier molecular flexibility index (Phi) is 4.04. The molecule has 0 saturated carbocycles. The predicted molar refractivity (Wildman–Crippen MR) is 77.9 cm³/mol. The number of rotatable bonds is 3. The van der Waals surface area contributed by atoms with E-state index >= 15 is 0 Å². The Bertz CT molecular complexity index is 624. The van der Waals surface area contributed by atoms with E-state index in [0.29, 0.717) is 0 Å². The molecule has 2 nitrogen and oxygen atoms in total. The van der Waals surface area contributed by atoms with Crippen molar-refractivity contribution in [2.75, 3.05) is 19.0 Å². The molecule has 0 bridgehead atoms. The Morgan fingerprint density at radius 2 is 1.75 bits per heavy atom. The zero-order valence-electron chi connectivity index (χ0n) is 11.8. The second kappa shape index (κ2) is 5.59. The van der Waals surface area contributed by atoms with Gasteiger partial charge >= 0.3 is 0 Å². The molecule has 106 valence electrons. The first-order chi connectivity index (χ1) is 9.41. The van der Waals surface area contributed by atoms with E-state index in [1.54, 1.807) is 12.1 Å². The molecule has 20 heavy (non-hydrogen) atoms. The summed E-state index contributed by atoms with van der Waals surface area (Å²) in [6, 6.07) is 9.88. The minimum atomic E-state index is -0.868. The van der Waals surface area contributed by atoms with Gasteiger partial charge in [-0.05, 0) is 30.2 Å². The van der Waals surface area contributed by atoms with Crippen LogP contribution in [0.15, 0.2) is 36.4 Å². The van der Waals surface area contributed by atoms with E-state index in [-0.39, 0.29) is 11.1 Å². The fourth-order valence-corrected chi connectivity index (χ4v) is 2.08. The standard InChI is InChI=1S/C16H18F2N2/c1-10-7-8-13(15(18)14(10)17)16(19)11-5-4-6-12(9-11)20(2)3/h4-9,16H,19H2,1-3H3. The van der Waals surface area contributed by atoms with Crippen molar-refractivity contribution < 1.29 is 8.78 Å². The summed E-state index contributed by atoms with van der Waals surface area (Å²) in [6.07, 6.45) is 0. The summed E-state index contributed by atoms with van der Waals surface area (Å²) in [6.45, 7) is 1.53. The summed E-state index contributed by atoms with van der Waals surface area (Å²) in [4.78, 5) is 1.93. The second-order valence-corrected chi connectivity index (χ2v) is 5.07. The van der Waals surface area contributed by atoms with Crippen LogP contribution < -0.4 is 10.6 Å². The molecule has 2 aromatic rings. The summed E-state index contributed by atoms with van der Waals surface area (Å²) in [5.41, 5.74) is 8.24. The quantitative estimate of drug-likeness (QED) is 0.931. The van der Waals surface area contributed by atoms with Gasteiger partial charge in [0, 0.05) is 25.3 Å². The molecule has 0 aliphatic carbocycles. The van der Waals surface area contributed by atoms with Crippen molar-refractivity contribution in [1.29, 1.82) is 0 Å². The lowest BCUT2D eigenvalue weighted by molar-refractivity contribution is 0.489. The highest BCUT2D eigenvalue weighted by molar-refractivity contribution is 5.49. The number of nitrogens with two attached hydrogens (primary N) is 1. The molecule has 0 fully saturated rings. The van der Waals surface area contributed by atoms with Gasteiger partial charge in [0.25, 0.3) is 0 Å². The summed E-state index contributed by atoms with van der Waals surface area (Å²) in [7, 11) is 3.83. The molecule has 1 unspecified atom stereocenters. The van der Waals surface area contributed by atoms with Gasteiger partial charge < -0.3 is 10.6 Å². The van der Waals surface area contributed by atoms with Gasteiger partial charge in [-0.3, -0.25) is 0 Å². The third-order valence-corrected chi connectivity index (χ3v) is 3.39. The lowest BCUT2D eigenvalue weighted by Gasteiger charge is -2.18. The van der Waals surface area contributed by atoms with Gasteiger partial charge in [0.2, 0.25) is 0 Å². The molecule has 0 radical (unpaired) electrons. The van der Waals surface area contributed by atoms with E-state index in [1.165, 1.54) is 6.92 Å². The molecule has 0 aromatic heterocycles. The van der Waals surface area contributed by atoms with Gasteiger partial charge in [-0.15, -0.1) is 0 Å². The van der Waals surface area contributed by atoms with Crippen LogP contribution in [0, 0.1) is 18.6 Å². The van der Waals surface area contributed by atoms with Crippen molar-refractivity contribution in [3.05, 3.63) is 64.7 Å². The van der Waals surface area contributed by atoms with Crippen LogP contribution in [0.3, 0.4) is 0 Å². The average molecular weight is 276 g/mol. The van der Waals surface area contributed by atoms with Gasteiger partial charge in [0.15, 0.2) is 11.6 Å². The van der Waals surface area contributed by atoms with Gasteiger partial charge in [-0.2, -0.15) is 0 Å². The summed E-state index contributed by atoms with van der Waals surface area (Å²) >= 11 is 0. The maximum absolute atomic E-state index is 14.0. The number of benzene rings is 2. The first kappa shape index (κ1) is 14.5. The number of aryl methyl sites for hydroxylation is 1. The molecular formula is C16H18F2N2. The van der Waals surface area contributed by atoms with Crippen LogP contribution in [-0.2, 0) is 0 Å². The smallest absolute Gasteiger partial charge is 0.164 e. The maximum Gasteiger partial charge on any atom is 0.164 e. The molecule has 2 aromatic carbocycles. The zero-order chi connectivity index (χ0) is 14.9. The van der Waals surface area contributed by atoms with E-state index < -0.39 is 17.7 Å². The highest BCUT2D eigenvalue weighted by Gasteiger charge is 2.18. The molecule has 0 saturated heterocycles. The Balaban J connectivity index is 2.44. The van der Waals surface area contributed by atoms with Crippen LogP contribution in [0.4, 0.5) is 14.5 Å². The predicted octanol–water partition coefficient (Wildman–Crippen LogP) is 3.39. The average Bonchev–Trinajstić information content (AvgIpc) is 2.44. The largest absolute Gasteiger partial charge is 0.378 e. The number of halogens is 2. The molecule has 0 aliphatic heterocycles. The van der Waals surface area contributed by atoms with E-state index in [0.717, 1.165) is 11.3 Å². The van der Waals surface area contributed by atoms with Crippen LogP contribution >= 0.6 is 0 Å². The molecule has 2 N–H and O–H groups in total. The molecule has 0 heterocycles. The van der Waals surface area contributed by atoms with Gasteiger partial charge in [0.05, 0.1) is 6.04 Å². The van der Waals surface area contributed by atoms with Crippen LogP contribution in [0.1, 0.15) is 22.7 Å². The lowest BCUT2D eigenvalue weighted by atomic mass is 9.97. The number of anilines is 1. The third kappa shape index (κ3) is 2.65. The van der Waals surface area contributed by atoms with Crippen molar-refractivity contribution in [2.45, 2.75) is 13.0 Å². The molecule has 2 rings (SSSR count). The van der Waals surface area contributed by atoms with Crippen molar-refractivity contribution in [3.63, 3.8) is 0 Å². The highest BCUT2D eigenvalue weighted by Crippen LogP contribution is 2.27. The van der Waals surface area contributed by atoms with Gasteiger partial charge in [0.1, 0.15) is 0 Å². The molecule has 0 aliphatic rings. The van der Waals surface area contributed by atoms with Gasteiger partial charge in [-0.1, -0.05) is 24.3 Å². The second-order valence-electron chi connectivity index (χ2n) is 5.07. The van der Waals surface area contributed by atoms with E-state index in [2.05, 4.69) is 0 Å². The SMILES string of the molecule is Cc1ccc(C(N)c2cccc(N(C)C)c2)c(F)c1F. The number of hydrogen-bond donors (Lipinski definition) is 1. The van der Waals surface area contributed by atoms with Crippen molar-refractivity contribution >= 4 is 5.69 Å². The monoisotopic (exact) mass is 276 g/mol. The van der Waals surface area contributed by atoms with Crippen LogP contribution in [0.2, 0.25) is 0 Å². The fourth-order valence-electron chi connectivity index (χ4n) is 2.08. The minimum Gasteiger partial charge on any atom is -0.378 e. The maximum atomic E-state index is 14.0. The molecule has 4 heteroatoms. The Morgan fingerprint density at radius 3 is 2.40 bits per heavy atom. The van der Waals surface area contributed by atoms with Crippen LogP contribution in [-0.4, -0.2) is 14.1 Å². The van der Waals surface area contributed by atoms with Crippen molar-refractivity contribution in [1.82, 2.24) is 0 Å². The normalized spacial score (nSPS) is 12.3. The van der Waals surface area contributed by atoms with Crippen LogP contribution in [0.5, 0.6) is 0 Å². The van der Waals surface area contributed by atoms with Crippen LogP contribution in [0.25, 0.3) is 0 Å². The summed E-state index contributed by atoms with van der Waals surface area (Å²) < 4.78 is 27.6. The minimum absolute atomic E-state index is 0.170. The summed E-state index contributed by atoms with van der Waals surface area (Å²) in [5.74, 6) is -1.70. The molecular weight excluding hydrogens is 258 g/mol. The lowest BCUT2D eigenvalue weighted by Crippen LogP contribution is -2.16. The molecule has 0 spiro atoms. The number of hydrogen-bond acceptors (Lipinski definition) is 2. The fraction of sp³-hybridized carbons (Fsp3) is 0.250. The van der Waals surface area contributed by atoms with E-state index in [4.69, 9.17) is 5.73 Å². The first-order valence-electron chi connectivity index (χ1n) is 6.39. The van der Waals surface area contributed by atoms with E-state index in [9.17, 15) is 8.78 Å². The third-order valence-electron chi connectivity index (χ3n) is 3.39.